The molecule has 246 valence electrons. The lowest BCUT2D eigenvalue weighted by molar-refractivity contribution is -0.157. The summed E-state index contributed by atoms with van der Waals surface area (Å²) in [5, 5.41) is 8.60. The van der Waals surface area contributed by atoms with Crippen molar-refractivity contribution in [1.82, 2.24) is 21.3 Å². The van der Waals surface area contributed by atoms with Crippen molar-refractivity contribution >= 4 is 47.5 Å². The van der Waals surface area contributed by atoms with E-state index in [9.17, 15) is 38.4 Å². The van der Waals surface area contributed by atoms with Crippen LogP contribution >= 0.6 is 0 Å². The SMILES string of the molecule is O=C1COC(=O)CNC(=O)COC(=O)CNC(=O)C(Cc2ccc(OCc3ccco3)cc2)OC(=O)CNC(=O)COC(=O)CN1. The third-order valence-corrected chi connectivity index (χ3v) is 5.66. The van der Waals surface area contributed by atoms with Crippen LogP contribution in [0.2, 0.25) is 0 Å². The first kappa shape index (κ1) is 34.5. The van der Waals surface area contributed by atoms with Crippen molar-refractivity contribution in [3.8, 4) is 5.75 Å². The Morgan fingerprint density at radius 3 is 1.63 bits per heavy atom. The Balaban J connectivity index is 1.63. The van der Waals surface area contributed by atoms with E-state index >= 15 is 0 Å². The number of carbonyl (C=O) groups is 8. The van der Waals surface area contributed by atoms with E-state index in [2.05, 4.69) is 30.7 Å². The van der Waals surface area contributed by atoms with Gasteiger partial charge in [-0.2, -0.15) is 0 Å². The predicted octanol–water partition coefficient (Wildman–Crippen LogP) is -2.58. The molecular formula is C28H30N4O14. The van der Waals surface area contributed by atoms with Crippen LogP contribution in [0.1, 0.15) is 11.3 Å². The monoisotopic (exact) mass is 646 g/mol. The summed E-state index contributed by atoms with van der Waals surface area (Å²) in [6, 6.07) is 9.93. The summed E-state index contributed by atoms with van der Waals surface area (Å²) in [4.78, 5) is 96.6. The average Bonchev–Trinajstić information content (AvgIpc) is 3.57. The number of amides is 4. The number of hydrogen-bond donors (Lipinski definition) is 4. The summed E-state index contributed by atoms with van der Waals surface area (Å²) in [6.07, 6.45) is -0.120. The van der Waals surface area contributed by atoms with Crippen molar-refractivity contribution in [2.24, 2.45) is 0 Å². The van der Waals surface area contributed by atoms with Gasteiger partial charge in [0, 0.05) is 6.42 Å². The van der Waals surface area contributed by atoms with E-state index in [1.807, 2.05) is 0 Å². The first-order valence-electron chi connectivity index (χ1n) is 13.6. The Morgan fingerprint density at radius 2 is 1.13 bits per heavy atom. The molecule has 4 N–H and O–H groups in total. The molecule has 0 bridgehead atoms. The minimum absolute atomic E-state index is 0.152. The van der Waals surface area contributed by atoms with Gasteiger partial charge in [0.1, 0.15) is 44.3 Å². The van der Waals surface area contributed by atoms with Gasteiger partial charge in [-0.3, -0.25) is 38.4 Å². The molecule has 1 aliphatic rings. The second-order valence-corrected chi connectivity index (χ2v) is 9.22. The van der Waals surface area contributed by atoms with E-state index in [-0.39, 0.29) is 13.0 Å². The molecule has 2 heterocycles. The molecule has 2 aromatic rings. The van der Waals surface area contributed by atoms with Crippen molar-refractivity contribution in [2.45, 2.75) is 19.1 Å². The summed E-state index contributed by atoms with van der Waals surface area (Å²) in [7, 11) is 0. The smallest absolute Gasteiger partial charge is 0.326 e. The van der Waals surface area contributed by atoms with E-state index in [0.29, 0.717) is 17.1 Å². The molecule has 1 fully saturated rings. The molecule has 0 spiro atoms. The molecule has 18 heteroatoms. The second kappa shape index (κ2) is 18.0. The highest BCUT2D eigenvalue weighted by Crippen LogP contribution is 2.16. The molecule has 1 aromatic heterocycles. The van der Waals surface area contributed by atoms with Crippen molar-refractivity contribution in [2.75, 3.05) is 46.0 Å². The predicted molar refractivity (Wildman–Crippen MR) is 148 cm³/mol. The van der Waals surface area contributed by atoms with Crippen LogP contribution in [0.3, 0.4) is 0 Å². The van der Waals surface area contributed by atoms with Crippen LogP contribution < -0.4 is 26.0 Å². The van der Waals surface area contributed by atoms with Crippen molar-refractivity contribution in [3.05, 3.63) is 54.0 Å². The van der Waals surface area contributed by atoms with Crippen LogP contribution in [0.5, 0.6) is 5.75 Å². The molecule has 1 aliphatic heterocycles. The summed E-state index contributed by atoms with van der Waals surface area (Å²) in [6.45, 7) is -4.97. The number of cyclic esters (lactones) is 4. The largest absolute Gasteiger partial charge is 0.486 e. The normalized spacial score (nSPS) is 18.7. The fraction of sp³-hybridized carbons (Fsp3) is 0.357. The van der Waals surface area contributed by atoms with Crippen molar-refractivity contribution < 1.29 is 66.5 Å². The first-order valence-corrected chi connectivity index (χ1v) is 13.6. The number of nitrogens with one attached hydrogen (secondary N) is 4. The average molecular weight is 647 g/mol. The quantitative estimate of drug-likeness (QED) is 0.193. The maximum Gasteiger partial charge on any atom is 0.326 e. The zero-order valence-corrected chi connectivity index (χ0v) is 24.2. The van der Waals surface area contributed by atoms with E-state index in [0.717, 1.165) is 0 Å². The highest BCUT2D eigenvalue weighted by Gasteiger charge is 2.25. The van der Waals surface area contributed by atoms with Crippen LogP contribution in [-0.2, 0) is 70.3 Å². The third kappa shape index (κ3) is 13.1. The maximum absolute atomic E-state index is 12.9. The molecular weight excluding hydrogens is 616 g/mol. The molecule has 0 saturated carbocycles. The van der Waals surface area contributed by atoms with Crippen LogP contribution in [0.15, 0.2) is 47.1 Å². The fourth-order valence-electron chi connectivity index (χ4n) is 3.40. The summed E-state index contributed by atoms with van der Waals surface area (Å²) in [5.41, 5.74) is 0.535. The Morgan fingerprint density at radius 1 is 0.630 bits per heavy atom. The van der Waals surface area contributed by atoms with Crippen LogP contribution in [0.25, 0.3) is 0 Å². The molecule has 0 aliphatic carbocycles. The van der Waals surface area contributed by atoms with Gasteiger partial charge in [0.15, 0.2) is 25.9 Å². The molecule has 1 atom stereocenters. The van der Waals surface area contributed by atoms with Crippen LogP contribution in [0.4, 0.5) is 0 Å². The van der Waals surface area contributed by atoms with Gasteiger partial charge in [-0.25, -0.2) is 0 Å². The van der Waals surface area contributed by atoms with E-state index in [1.54, 1.807) is 36.4 Å². The zero-order chi connectivity index (χ0) is 33.3. The van der Waals surface area contributed by atoms with Crippen LogP contribution in [-0.4, -0.2) is 99.6 Å². The van der Waals surface area contributed by atoms with Gasteiger partial charge in [-0.1, -0.05) is 12.1 Å². The number of rotatable bonds is 5. The number of carbonyl (C=O) groups excluding carboxylic acids is 8. The van der Waals surface area contributed by atoms with E-state index < -0.39 is 99.6 Å². The number of furan rings is 1. The fourth-order valence-corrected chi connectivity index (χ4v) is 3.40. The van der Waals surface area contributed by atoms with Gasteiger partial charge in [-0.15, -0.1) is 0 Å². The van der Waals surface area contributed by atoms with Gasteiger partial charge in [0.25, 0.3) is 23.6 Å². The summed E-state index contributed by atoms with van der Waals surface area (Å²) in [5.74, 6) is -6.53. The summed E-state index contributed by atoms with van der Waals surface area (Å²) < 4.78 is 30.1. The zero-order valence-electron chi connectivity index (χ0n) is 24.2. The number of ether oxygens (including phenoxy) is 5. The lowest BCUT2D eigenvalue weighted by atomic mass is 10.1. The maximum atomic E-state index is 12.9. The van der Waals surface area contributed by atoms with Crippen molar-refractivity contribution in [1.29, 1.82) is 0 Å². The number of hydrogen-bond acceptors (Lipinski definition) is 14. The van der Waals surface area contributed by atoms with Gasteiger partial charge in [0.05, 0.1) is 6.26 Å². The lowest BCUT2D eigenvalue weighted by Crippen LogP contribution is -2.44. The Kier molecular flexibility index (Phi) is 13.5. The Bertz CT molecular complexity index is 1410. The number of esters is 4. The highest BCUT2D eigenvalue weighted by molar-refractivity contribution is 5.90. The second-order valence-electron chi connectivity index (χ2n) is 9.22. The minimum Gasteiger partial charge on any atom is -0.486 e. The molecule has 3 rings (SSSR count). The molecule has 1 saturated heterocycles. The van der Waals surface area contributed by atoms with Gasteiger partial charge in [0.2, 0.25) is 0 Å². The van der Waals surface area contributed by atoms with Crippen LogP contribution in [0, 0.1) is 0 Å². The van der Waals surface area contributed by atoms with Gasteiger partial charge in [-0.05, 0) is 29.8 Å². The Labute approximate surface area is 260 Å². The molecule has 1 aromatic carbocycles. The van der Waals surface area contributed by atoms with E-state index in [1.165, 1.54) is 6.26 Å². The molecule has 1 unspecified atom stereocenters. The number of benzene rings is 1. The minimum atomic E-state index is -1.48. The van der Waals surface area contributed by atoms with Crippen molar-refractivity contribution in [3.63, 3.8) is 0 Å². The van der Waals surface area contributed by atoms with E-state index in [4.69, 9.17) is 18.6 Å². The molecule has 0 radical (unpaired) electrons. The van der Waals surface area contributed by atoms with Gasteiger partial charge < -0.3 is 49.4 Å². The topological polar surface area (TPSA) is 244 Å². The first-order chi connectivity index (χ1) is 22.1. The summed E-state index contributed by atoms with van der Waals surface area (Å²) >= 11 is 0. The lowest BCUT2D eigenvalue weighted by Gasteiger charge is -2.18. The highest BCUT2D eigenvalue weighted by atomic mass is 16.6. The molecule has 4 amide bonds. The standard InChI is InChI=1S/C28H30N4O14/c33-21-14-43-24(36)9-30-22(34)15-45-26(38)11-32-28(40)20(46-27(39)12-31-23(35)16-44-25(37)10-29-21)8-17-3-5-18(6-4-17)42-13-19-2-1-7-41-19/h1-7,20H,8-16H2,(H,29,33)(H,30,34)(H,31,35)(H,32,40). The third-order valence-electron chi connectivity index (χ3n) is 5.66. The Hall–Kier alpha value is -5.94. The molecule has 18 nitrogen and oxygen atoms in total. The van der Waals surface area contributed by atoms with Gasteiger partial charge >= 0.3 is 23.9 Å². The molecule has 46 heavy (non-hydrogen) atoms.